The summed E-state index contributed by atoms with van der Waals surface area (Å²) in [6.45, 7) is 0.853. The number of nitrogens with zero attached hydrogens (tertiary/aromatic N) is 2. The van der Waals surface area contributed by atoms with Gasteiger partial charge in [-0.1, -0.05) is 0 Å². The van der Waals surface area contributed by atoms with E-state index in [0.717, 1.165) is 29.3 Å². The van der Waals surface area contributed by atoms with Crippen LogP contribution in [-0.4, -0.2) is 23.1 Å². The van der Waals surface area contributed by atoms with E-state index < -0.39 is 5.63 Å². The first-order valence-corrected chi connectivity index (χ1v) is 8.61. The Balaban J connectivity index is 1.52. The zero-order valence-corrected chi connectivity index (χ0v) is 13.7. The summed E-state index contributed by atoms with van der Waals surface area (Å²) < 4.78 is 17.6. The fraction of sp³-hybridized carbons (Fsp3) is 0.316. The molecule has 130 valence electrons. The minimum absolute atomic E-state index is 0.0140. The summed E-state index contributed by atoms with van der Waals surface area (Å²) in [5, 5.41) is 1.02. The number of aliphatic imine (C=N–C) groups is 1. The van der Waals surface area contributed by atoms with Crippen molar-refractivity contribution in [2.75, 3.05) is 6.79 Å². The highest BCUT2D eigenvalue weighted by Gasteiger charge is 2.40. The van der Waals surface area contributed by atoms with Crippen LogP contribution in [0.1, 0.15) is 12.1 Å². The van der Waals surface area contributed by atoms with Gasteiger partial charge in [0.05, 0.1) is 22.8 Å². The van der Waals surface area contributed by atoms with E-state index in [2.05, 4.69) is 6.08 Å². The number of aromatic nitrogens is 1. The SMILES string of the molecule is O=c1cc2cc3n(c(=O)c2co1)CC1CC2C=C4OCOC4=CC2N=C31. The second-order valence-electron chi connectivity index (χ2n) is 7.08. The van der Waals surface area contributed by atoms with Crippen LogP contribution < -0.4 is 11.2 Å². The van der Waals surface area contributed by atoms with Crippen molar-refractivity contribution >= 4 is 16.5 Å². The van der Waals surface area contributed by atoms with E-state index in [1.165, 1.54) is 12.3 Å². The molecule has 1 fully saturated rings. The molecule has 5 heterocycles. The molecule has 7 heteroatoms. The molecule has 1 saturated heterocycles. The number of hydrogen-bond acceptors (Lipinski definition) is 6. The Morgan fingerprint density at radius 3 is 2.85 bits per heavy atom. The molecular weight excluding hydrogens is 336 g/mol. The summed E-state index contributed by atoms with van der Waals surface area (Å²) in [4.78, 5) is 29.3. The highest BCUT2D eigenvalue weighted by Crippen LogP contribution is 2.40. The third-order valence-corrected chi connectivity index (χ3v) is 5.63. The van der Waals surface area contributed by atoms with Gasteiger partial charge in [-0.2, -0.15) is 0 Å². The molecule has 0 radical (unpaired) electrons. The molecule has 2 aromatic heterocycles. The molecule has 0 saturated carbocycles. The largest absolute Gasteiger partial charge is 0.454 e. The fourth-order valence-corrected chi connectivity index (χ4v) is 4.42. The molecule has 0 bridgehead atoms. The molecule has 3 atom stereocenters. The zero-order chi connectivity index (χ0) is 17.4. The van der Waals surface area contributed by atoms with Crippen molar-refractivity contribution < 1.29 is 13.9 Å². The Hall–Kier alpha value is -3.09. The molecule has 26 heavy (non-hydrogen) atoms. The van der Waals surface area contributed by atoms with Crippen LogP contribution in [0, 0.1) is 11.8 Å². The Morgan fingerprint density at radius 1 is 1.12 bits per heavy atom. The summed E-state index contributed by atoms with van der Waals surface area (Å²) >= 11 is 0. The van der Waals surface area contributed by atoms with Gasteiger partial charge in [-0.05, 0) is 30.0 Å². The molecule has 3 aliphatic heterocycles. The number of fused-ring (bicyclic) bond motifs is 6. The van der Waals surface area contributed by atoms with Gasteiger partial charge in [0.15, 0.2) is 11.5 Å². The van der Waals surface area contributed by atoms with Crippen LogP contribution >= 0.6 is 0 Å². The Bertz CT molecular complexity index is 1180. The molecule has 4 aliphatic rings. The molecule has 2 aromatic rings. The lowest BCUT2D eigenvalue weighted by Crippen LogP contribution is -2.31. The lowest BCUT2D eigenvalue weighted by Gasteiger charge is -2.30. The highest BCUT2D eigenvalue weighted by atomic mass is 16.7. The molecule has 7 nitrogen and oxygen atoms in total. The van der Waals surface area contributed by atoms with Crippen LogP contribution in [0.4, 0.5) is 0 Å². The van der Waals surface area contributed by atoms with Crippen LogP contribution in [-0.2, 0) is 16.0 Å². The third kappa shape index (κ3) is 1.80. The van der Waals surface area contributed by atoms with Crippen molar-refractivity contribution in [3.8, 4) is 0 Å². The Kier molecular flexibility index (Phi) is 2.58. The molecule has 0 amide bonds. The normalized spacial score (nSPS) is 28.0. The summed E-state index contributed by atoms with van der Waals surface area (Å²) in [7, 11) is 0. The van der Waals surface area contributed by atoms with Gasteiger partial charge in [0.2, 0.25) is 6.79 Å². The maximum atomic E-state index is 12.8. The molecule has 0 aromatic carbocycles. The maximum absolute atomic E-state index is 12.8. The first-order chi connectivity index (χ1) is 12.7. The van der Waals surface area contributed by atoms with Crippen molar-refractivity contribution in [1.29, 1.82) is 0 Å². The number of pyridine rings is 1. The summed E-state index contributed by atoms with van der Waals surface area (Å²) in [5.74, 6) is 1.97. The second-order valence-corrected chi connectivity index (χ2v) is 7.08. The quantitative estimate of drug-likeness (QED) is 0.720. The van der Waals surface area contributed by atoms with Crippen molar-refractivity contribution in [2.24, 2.45) is 16.8 Å². The standard InChI is InChI=1S/C19H14N2O5/c22-17-4-9-2-14-18-11(6-21(14)19(23)12(9)7-24-17)1-10-3-15-16(26-8-25-15)5-13(10)20-18/h2-5,7,10-11,13H,1,6,8H2. The van der Waals surface area contributed by atoms with E-state index >= 15 is 0 Å². The average Bonchev–Trinajstić information content (AvgIpc) is 3.22. The van der Waals surface area contributed by atoms with E-state index in [1.807, 2.05) is 12.1 Å². The first kappa shape index (κ1) is 14.1. The van der Waals surface area contributed by atoms with Gasteiger partial charge < -0.3 is 18.5 Å². The highest BCUT2D eigenvalue weighted by molar-refractivity contribution is 6.05. The lowest BCUT2D eigenvalue weighted by atomic mass is 9.81. The van der Waals surface area contributed by atoms with Gasteiger partial charge in [0, 0.05) is 24.4 Å². The second kappa shape index (κ2) is 4.75. The van der Waals surface area contributed by atoms with Crippen LogP contribution in [0.15, 0.2) is 61.1 Å². The Labute approximate surface area is 146 Å². The monoisotopic (exact) mass is 350 g/mol. The predicted molar refractivity (Wildman–Crippen MR) is 91.9 cm³/mol. The van der Waals surface area contributed by atoms with Gasteiger partial charge >= 0.3 is 5.63 Å². The van der Waals surface area contributed by atoms with E-state index in [0.29, 0.717) is 17.3 Å². The van der Waals surface area contributed by atoms with Crippen molar-refractivity contribution in [3.05, 3.63) is 68.5 Å². The first-order valence-electron chi connectivity index (χ1n) is 8.61. The number of rotatable bonds is 0. The van der Waals surface area contributed by atoms with Crippen LogP contribution in [0.5, 0.6) is 0 Å². The van der Waals surface area contributed by atoms with Gasteiger partial charge in [-0.15, -0.1) is 0 Å². The van der Waals surface area contributed by atoms with Crippen molar-refractivity contribution in [1.82, 2.24) is 4.57 Å². The summed E-state index contributed by atoms with van der Waals surface area (Å²) in [6.07, 6.45) is 6.25. The molecule has 1 aliphatic carbocycles. The number of hydrogen-bond donors (Lipinski definition) is 0. The van der Waals surface area contributed by atoms with Gasteiger partial charge in [0.1, 0.15) is 6.26 Å². The smallest absolute Gasteiger partial charge is 0.336 e. The lowest BCUT2D eigenvalue weighted by molar-refractivity contribution is 0.0976. The minimum atomic E-state index is -0.463. The summed E-state index contributed by atoms with van der Waals surface area (Å²) in [5.41, 5.74) is 1.14. The molecule has 3 unspecified atom stereocenters. The van der Waals surface area contributed by atoms with Gasteiger partial charge in [-0.25, -0.2) is 4.79 Å². The minimum Gasteiger partial charge on any atom is -0.454 e. The van der Waals surface area contributed by atoms with E-state index in [9.17, 15) is 9.59 Å². The molecular formula is C19H14N2O5. The topological polar surface area (TPSA) is 83.0 Å². The third-order valence-electron chi connectivity index (χ3n) is 5.63. The van der Waals surface area contributed by atoms with Gasteiger partial charge in [0.25, 0.3) is 5.56 Å². The predicted octanol–water partition coefficient (Wildman–Crippen LogP) is 1.55. The van der Waals surface area contributed by atoms with Gasteiger partial charge in [-0.3, -0.25) is 9.79 Å². The number of ether oxygens (including phenoxy) is 2. The van der Waals surface area contributed by atoms with Crippen molar-refractivity contribution in [3.63, 3.8) is 0 Å². The summed E-state index contributed by atoms with van der Waals surface area (Å²) in [6, 6.07) is 3.22. The van der Waals surface area contributed by atoms with Crippen LogP contribution in [0.2, 0.25) is 0 Å². The van der Waals surface area contributed by atoms with Crippen LogP contribution in [0.25, 0.3) is 10.8 Å². The van der Waals surface area contributed by atoms with Crippen LogP contribution in [0.3, 0.4) is 0 Å². The molecule has 6 rings (SSSR count). The molecule has 0 N–H and O–H groups in total. The molecule has 0 spiro atoms. The Morgan fingerprint density at radius 2 is 1.96 bits per heavy atom. The van der Waals surface area contributed by atoms with Crippen molar-refractivity contribution in [2.45, 2.75) is 19.0 Å². The average molecular weight is 350 g/mol. The maximum Gasteiger partial charge on any atom is 0.336 e. The van der Waals surface area contributed by atoms with E-state index in [1.54, 1.807) is 4.57 Å². The fourth-order valence-electron chi connectivity index (χ4n) is 4.42. The zero-order valence-electron chi connectivity index (χ0n) is 13.7. The van der Waals surface area contributed by atoms with E-state index in [4.69, 9.17) is 18.9 Å². The van der Waals surface area contributed by atoms with E-state index in [-0.39, 0.29) is 30.2 Å².